The van der Waals surface area contributed by atoms with Gasteiger partial charge < -0.3 is 5.01 Å². The van der Waals surface area contributed by atoms with Crippen molar-refractivity contribution in [3.63, 3.8) is 0 Å². The third kappa shape index (κ3) is 2.89. The zero-order chi connectivity index (χ0) is 10.4. The highest BCUT2D eigenvalue weighted by atomic mass is 15.5. The largest absolute Gasteiger partial charge is 0.309 e. The number of allylic oxidation sites excluding steroid dienone is 2. The molecule has 1 aromatic rings. The molecule has 0 aromatic heterocycles. The molecule has 0 fully saturated rings. The van der Waals surface area contributed by atoms with Crippen LogP contribution in [0.4, 0.5) is 0 Å². The first-order valence-electron chi connectivity index (χ1n) is 4.89. The van der Waals surface area contributed by atoms with Crippen molar-refractivity contribution in [1.29, 1.82) is 0 Å². The number of nitrogens with zero attached hydrogens (tertiary/aromatic N) is 1. The van der Waals surface area contributed by atoms with Crippen LogP contribution in [0.25, 0.3) is 0 Å². The second kappa shape index (κ2) is 5.45. The molecular formula is C12H18N2. The summed E-state index contributed by atoms with van der Waals surface area (Å²) >= 11 is 0. The van der Waals surface area contributed by atoms with Gasteiger partial charge in [0.25, 0.3) is 0 Å². The normalized spacial score (nSPS) is 11.5. The smallest absolute Gasteiger partial charge is 0.0590 e. The average molecular weight is 190 g/mol. The summed E-state index contributed by atoms with van der Waals surface area (Å²) in [5.41, 5.74) is 5.71. The van der Waals surface area contributed by atoms with Crippen molar-refractivity contribution in [3.8, 4) is 0 Å². The van der Waals surface area contributed by atoms with Crippen molar-refractivity contribution in [1.82, 2.24) is 10.4 Å². The first kappa shape index (κ1) is 10.8. The summed E-state index contributed by atoms with van der Waals surface area (Å²) < 4.78 is 0. The van der Waals surface area contributed by atoms with Gasteiger partial charge in [-0.05, 0) is 19.4 Å². The van der Waals surface area contributed by atoms with Crippen molar-refractivity contribution in [2.75, 3.05) is 7.05 Å². The van der Waals surface area contributed by atoms with Crippen LogP contribution in [0.5, 0.6) is 0 Å². The standard InChI is InChI=1S/C12H18N2/c1-4-11(2)14(13-3)10-12-8-6-5-7-9-12/h4-9,13H,10H2,1-3H3/b11-4-. The second-order valence-electron chi connectivity index (χ2n) is 3.23. The number of hydrogen-bond donors (Lipinski definition) is 1. The van der Waals surface area contributed by atoms with Crippen LogP contribution in [0.2, 0.25) is 0 Å². The van der Waals surface area contributed by atoms with Crippen LogP contribution < -0.4 is 5.43 Å². The molecule has 0 spiro atoms. The van der Waals surface area contributed by atoms with E-state index >= 15 is 0 Å². The Bertz CT molecular complexity index is 290. The molecule has 0 atom stereocenters. The Hall–Kier alpha value is -1.28. The Kier molecular flexibility index (Phi) is 4.20. The fourth-order valence-corrected chi connectivity index (χ4v) is 1.30. The monoisotopic (exact) mass is 190 g/mol. The molecule has 0 aliphatic rings. The molecule has 0 saturated carbocycles. The minimum absolute atomic E-state index is 0.896. The minimum Gasteiger partial charge on any atom is -0.309 e. The van der Waals surface area contributed by atoms with Crippen LogP contribution in [0, 0.1) is 0 Å². The molecule has 0 unspecified atom stereocenters. The topological polar surface area (TPSA) is 15.3 Å². The third-order valence-corrected chi connectivity index (χ3v) is 2.30. The maximum atomic E-state index is 3.17. The Balaban J connectivity index is 2.67. The Morgan fingerprint density at radius 1 is 1.36 bits per heavy atom. The number of nitrogens with one attached hydrogen (secondary N) is 1. The summed E-state index contributed by atoms with van der Waals surface area (Å²) in [6.07, 6.45) is 2.10. The summed E-state index contributed by atoms with van der Waals surface area (Å²) in [5, 5.41) is 2.12. The lowest BCUT2D eigenvalue weighted by Gasteiger charge is -2.24. The SMILES string of the molecule is C/C=C(/C)N(Cc1ccccc1)NC. The van der Waals surface area contributed by atoms with E-state index < -0.39 is 0 Å². The molecule has 0 aliphatic carbocycles. The number of hydrazine groups is 1. The Morgan fingerprint density at radius 3 is 2.50 bits per heavy atom. The first-order valence-corrected chi connectivity index (χ1v) is 4.89. The maximum Gasteiger partial charge on any atom is 0.0590 e. The van der Waals surface area contributed by atoms with Gasteiger partial charge in [0, 0.05) is 12.7 Å². The second-order valence-corrected chi connectivity index (χ2v) is 3.23. The highest BCUT2D eigenvalue weighted by molar-refractivity contribution is 5.15. The number of benzene rings is 1. The van der Waals surface area contributed by atoms with Gasteiger partial charge in [0.1, 0.15) is 0 Å². The van der Waals surface area contributed by atoms with E-state index in [0.717, 1.165) is 6.54 Å². The van der Waals surface area contributed by atoms with Gasteiger partial charge in [-0.2, -0.15) is 0 Å². The van der Waals surface area contributed by atoms with E-state index in [1.54, 1.807) is 0 Å². The maximum absolute atomic E-state index is 3.17. The quantitative estimate of drug-likeness (QED) is 0.734. The van der Waals surface area contributed by atoms with E-state index in [1.165, 1.54) is 11.3 Å². The fourth-order valence-electron chi connectivity index (χ4n) is 1.30. The summed E-state index contributed by atoms with van der Waals surface area (Å²) in [6.45, 7) is 5.04. The molecule has 2 nitrogen and oxygen atoms in total. The predicted octanol–water partition coefficient (Wildman–Crippen LogP) is 2.55. The number of rotatable bonds is 4. The van der Waals surface area contributed by atoms with Gasteiger partial charge in [-0.1, -0.05) is 36.4 Å². The van der Waals surface area contributed by atoms with E-state index in [1.807, 2.05) is 20.0 Å². The lowest BCUT2D eigenvalue weighted by atomic mass is 10.2. The zero-order valence-electron chi connectivity index (χ0n) is 9.12. The van der Waals surface area contributed by atoms with Gasteiger partial charge in [0.05, 0.1) is 6.54 Å². The minimum atomic E-state index is 0.896. The molecule has 14 heavy (non-hydrogen) atoms. The van der Waals surface area contributed by atoms with E-state index in [9.17, 15) is 0 Å². The first-order chi connectivity index (χ1) is 6.77. The summed E-state index contributed by atoms with van der Waals surface area (Å²) in [6, 6.07) is 10.4. The average Bonchev–Trinajstić information content (AvgIpc) is 2.26. The number of hydrogen-bond acceptors (Lipinski definition) is 2. The van der Waals surface area contributed by atoms with Crippen molar-refractivity contribution < 1.29 is 0 Å². The lowest BCUT2D eigenvalue weighted by Crippen LogP contribution is -2.32. The van der Waals surface area contributed by atoms with Crippen molar-refractivity contribution in [2.24, 2.45) is 0 Å². The van der Waals surface area contributed by atoms with Crippen molar-refractivity contribution >= 4 is 0 Å². The van der Waals surface area contributed by atoms with Crippen molar-refractivity contribution in [2.45, 2.75) is 20.4 Å². The zero-order valence-corrected chi connectivity index (χ0v) is 9.12. The molecule has 0 radical (unpaired) electrons. The highest BCUT2D eigenvalue weighted by Gasteiger charge is 2.02. The van der Waals surface area contributed by atoms with Gasteiger partial charge in [-0.3, -0.25) is 0 Å². The van der Waals surface area contributed by atoms with E-state index in [0.29, 0.717) is 0 Å². The summed E-state index contributed by atoms with van der Waals surface area (Å²) in [4.78, 5) is 0. The van der Waals surface area contributed by atoms with Crippen LogP contribution in [0.1, 0.15) is 19.4 Å². The molecule has 0 saturated heterocycles. The molecule has 0 bridgehead atoms. The molecule has 1 rings (SSSR count). The van der Waals surface area contributed by atoms with E-state index in [4.69, 9.17) is 0 Å². The molecule has 76 valence electrons. The molecule has 0 amide bonds. The van der Waals surface area contributed by atoms with Gasteiger partial charge >= 0.3 is 0 Å². The Morgan fingerprint density at radius 2 is 2.00 bits per heavy atom. The lowest BCUT2D eigenvalue weighted by molar-refractivity contribution is 0.262. The van der Waals surface area contributed by atoms with Crippen LogP contribution in [0.3, 0.4) is 0 Å². The highest BCUT2D eigenvalue weighted by Crippen LogP contribution is 2.07. The molecule has 2 heteroatoms. The van der Waals surface area contributed by atoms with Crippen LogP contribution >= 0.6 is 0 Å². The summed E-state index contributed by atoms with van der Waals surface area (Å²) in [7, 11) is 1.94. The van der Waals surface area contributed by atoms with Crippen LogP contribution in [0.15, 0.2) is 42.1 Å². The van der Waals surface area contributed by atoms with Gasteiger partial charge in [-0.15, -0.1) is 0 Å². The predicted molar refractivity (Wildman–Crippen MR) is 60.5 cm³/mol. The third-order valence-electron chi connectivity index (χ3n) is 2.30. The Labute approximate surface area is 86.2 Å². The molecular weight excluding hydrogens is 172 g/mol. The van der Waals surface area contributed by atoms with Gasteiger partial charge in [0.2, 0.25) is 0 Å². The van der Waals surface area contributed by atoms with Crippen LogP contribution in [-0.2, 0) is 6.54 Å². The summed E-state index contributed by atoms with van der Waals surface area (Å²) in [5.74, 6) is 0. The molecule has 1 aromatic carbocycles. The van der Waals surface area contributed by atoms with Gasteiger partial charge in [-0.25, -0.2) is 5.43 Å². The molecule has 0 aliphatic heterocycles. The van der Waals surface area contributed by atoms with Crippen molar-refractivity contribution in [3.05, 3.63) is 47.7 Å². The van der Waals surface area contributed by atoms with Crippen LogP contribution in [-0.4, -0.2) is 12.1 Å². The molecule has 0 heterocycles. The van der Waals surface area contributed by atoms with E-state index in [2.05, 4.69) is 47.7 Å². The molecule has 1 N–H and O–H groups in total. The fraction of sp³-hybridized carbons (Fsp3) is 0.333. The van der Waals surface area contributed by atoms with Gasteiger partial charge in [0.15, 0.2) is 0 Å². The van der Waals surface area contributed by atoms with E-state index in [-0.39, 0.29) is 0 Å².